The molecular formula is C19H22N2O4S. The largest absolute Gasteiger partial charge is 0.451 e. The van der Waals surface area contributed by atoms with Crippen LogP contribution >= 0.6 is 11.3 Å². The van der Waals surface area contributed by atoms with E-state index in [9.17, 15) is 9.59 Å². The molecule has 2 atom stereocenters. The third kappa shape index (κ3) is 4.47. The summed E-state index contributed by atoms with van der Waals surface area (Å²) in [6.45, 7) is 6.59. The second-order valence-electron chi connectivity index (χ2n) is 6.54. The number of thiazole rings is 1. The van der Waals surface area contributed by atoms with Crippen molar-refractivity contribution in [1.29, 1.82) is 0 Å². The highest BCUT2D eigenvalue weighted by Gasteiger charge is 2.26. The van der Waals surface area contributed by atoms with Gasteiger partial charge in [-0.15, -0.1) is 11.3 Å². The Morgan fingerprint density at radius 3 is 2.54 bits per heavy atom. The molecule has 0 N–H and O–H groups in total. The van der Waals surface area contributed by atoms with Crippen LogP contribution in [0.1, 0.15) is 29.9 Å². The average molecular weight is 374 g/mol. The van der Waals surface area contributed by atoms with Crippen molar-refractivity contribution < 1.29 is 19.1 Å². The molecule has 1 aromatic heterocycles. The van der Waals surface area contributed by atoms with E-state index >= 15 is 0 Å². The van der Waals surface area contributed by atoms with Gasteiger partial charge in [-0.25, -0.2) is 9.78 Å². The molecule has 6 nitrogen and oxygen atoms in total. The molecule has 1 amide bonds. The van der Waals surface area contributed by atoms with E-state index in [2.05, 4.69) is 4.98 Å². The number of hydrogen-bond donors (Lipinski definition) is 0. The number of rotatable bonds is 4. The minimum absolute atomic E-state index is 0.0194. The van der Waals surface area contributed by atoms with E-state index in [1.54, 1.807) is 10.3 Å². The highest BCUT2D eigenvalue weighted by Crippen LogP contribution is 2.24. The number of ether oxygens (including phenoxy) is 2. The molecule has 0 spiro atoms. The van der Waals surface area contributed by atoms with Crippen molar-refractivity contribution in [2.75, 3.05) is 19.7 Å². The predicted octanol–water partition coefficient (Wildman–Crippen LogP) is 2.91. The summed E-state index contributed by atoms with van der Waals surface area (Å²) in [7, 11) is 0. The molecule has 1 saturated heterocycles. The Morgan fingerprint density at radius 2 is 1.88 bits per heavy atom. The number of hydrogen-bond acceptors (Lipinski definition) is 6. The number of morpholine rings is 1. The van der Waals surface area contributed by atoms with E-state index in [-0.39, 0.29) is 30.4 Å². The maximum Gasteiger partial charge on any atom is 0.358 e. The topological polar surface area (TPSA) is 68.7 Å². The van der Waals surface area contributed by atoms with Gasteiger partial charge < -0.3 is 14.4 Å². The van der Waals surface area contributed by atoms with Gasteiger partial charge in [-0.1, -0.05) is 29.8 Å². The number of benzene rings is 1. The molecule has 7 heteroatoms. The smallest absolute Gasteiger partial charge is 0.358 e. The fourth-order valence-corrected chi connectivity index (χ4v) is 3.67. The number of carbonyl (C=O) groups excluding carboxylic acids is 2. The highest BCUT2D eigenvalue weighted by molar-refractivity contribution is 7.13. The van der Waals surface area contributed by atoms with Crippen LogP contribution in [0.4, 0.5) is 0 Å². The van der Waals surface area contributed by atoms with Gasteiger partial charge in [-0.2, -0.15) is 0 Å². The Kier molecular flexibility index (Phi) is 5.68. The summed E-state index contributed by atoms with van der Waals surface area (Å²) in [5.74, 6) is -0.795. The maximum absolute atomic E-state index is 12.3. The van der Waals surface area contributed by atoms with Gasteiger partial charge in [0.25, 0.3) is 5.91 Å². The van der Waals surface area contributed by atoms with Crippen LogP contribution in [0.5, 0.6) is 0 Å². The summed E-state index contributed by atoms with van der Waals surface area (Å²) in [5, 5.41) is 2.40. The number of carbonyl (C=O) groups is 2. The summed E-state index contributed by atoms with van der Waals surface area (Å²) in [4.78, 5) is 30.4. The third-order valence-corrected chi connectivity index (χ3v) is 5.00. The molecule has 0 aliphatic carbocycles. The molecule has 1 aliphatic heterocycles. The van der Waals surface area contributed by atoms with Crippen molar-refractivity contribution in [3.63, 3.8) is 0 Å². The highest BCUT2D eigenvalue weighted by atomic mass is 32.1. The standard InChI is InChI=1S/C19H22N2O4S/c1-12-4-6-15(7-5-12)18-20-16(11-26-18)19(23)24-10-17(22)21-8-13(2)25-14(3)9-21/h4-7,11,13-14H,8-10H2,1-3H3/t13-,14-/m0/s1. The molecule has 3 rings (SSSR count). The predicted molar refractivity (Wildman–Crippen MR) is 99.2 cm³/mol. The first kappa shape index (κ1) is 18.5. The van der Waals surface area contributed by atoms with Crippen LogP contribution in [0.25, 0.3) is 10.6 Å². The van der Waals surface area contributed by atoms with E-state index < -0.39 is 5.97 Å². The summed E-state index contributed by atoms with van der Waals surface area (Å²) in [6.07, 6.45) is -0.0389. The molecule has 0 radical (unpaired) electrons. The lowest BCUT2D eigenvalue weighted by Crippen LogP contribution is -2.49. The SMILES string of the molecule is Cc1ccc(-c2nc(C(=O)OCC(=O)N3C[C@H](C)O[C@@H](C)C3)cs2)cc1. The van der Waals surface area contributed by atoms with Crippen LogP contribution in [0.3, 0.4) is 0 Å². The first-order valence-electron chi connectivity index (χ1n) is 8.55. The normalized spacial score (nSPS) is 20.0. The van der Waals surface area contributed by atoms with E-state index in [1.807, 2.05) is 45.0 Å². The zero-order valence-corrected chi connectivity index (χ0v) is 15.9. The van der Waals surface area contributed by atoms with Gasteiger partial charge in [-0.3, -0.25) is 4.79 Å². The number of amides is 1. The van der Waals surface area contributed by atoms with Crippen molar-refractivity contribution in [2.45, 2.75) is 33.0 Å². The first-order chi connectivity index (χ1) is 12.4. The molecule has 1 aliphatic rings. The second kappa shape index (κ2) is 7.97. The monoisotopic (exact) mass is 374 g/mol. The molecular weight excluding hydrogens is 352 g/mol. The fraction of sp³-hybridized carbons (Fsp3) is 0.421. The summed E-state index contributed by atoms with van der Waals surface area (Å²) in [5.41, 5.74) is 2.34. The van der Waals surface area contributed by atoms with Crippen molar-refractivity contribution in [3.05, 3.63) is 40.9 Å². The molecule has 26 heavy (non-hydrogen) atoms. The Hall–Kier alpha value is -2.25. The van der Waals surface area contributed by atoms with Gasteiger partial charge in [0, 0.05) is 24.0 Å². The van der Waals surface area contributed by atoms with Crippen molar-refractivity contribution in [3.8, 4) is 10.6 Å². The average Bonchev–Trinajstić information content (AvgIpc) is 3.09. The first-order valence-corrected chi connectivity index (χ1v) is 9.43. The lowest BCUT2D eigenvalue weighted by Gasteiger charge is -2.35. The zero-order valence-electron chi connectivity index (χ0n) is 15.1. The van der Waals surface area contributed by atoms with Crippen LogP contribution in [0.15, 0.2) is 29.6 Å². The second-order valence-corrected chi connectivity index (χ2v) is 7.39. The minimum Gasteiger partial charge on any atom is -0.451 e. The third-order valence-electron chi connectivity index (χ3n) is 4.11. The van der Waals surface area contributed by atoms with Gasteiger partial charge in [0.1, 0.15) is 5.01 Å². The van der Waals surface area contributed by atoms with E-state index in [0.29, 0.717) is 13.1 Å². The van der Waals surface area contributed by atoms with Crippen molar-refractivity contribution in [1.82, 2.24) is 9.88 Å². The molecule has 138 valence electrons. The Balaban J connectivity index is 1.57. The zero-order chi connectivity index (χ0) is 18.7. The Morgan fingerprint density at radius 1 is 1.23 bits per heavy atom. The van der Waals surface area contributed by atoms with E-state index in [1.165, 1.54) is 11.3 Å². The summed E-state index contributed by atoms with van der Waals surface area (Å²) < 4.78 is 10.8. The van der Waals surface area contributed by atoms with Crippen molar-refractivity contribution in [2.24, 2.45) is 0 Å². The van der Waals surface area contributed by atoms with Crippen LogP contribution in [-0.2, 0) is 14.3 Å². The quantitative estimate of drug-likeness (QED) is 0.770. The number of aryl methyl sites for hydroxylation is 1. The molecule has 0 bridgehead atoms. The maximum atomic E-state index is 12.3. The molecule has 0 saturated carbocycles. The molecule has 1 aromatic carbocycles. The molecule has 2 heterocycles. The van der Waals surface area contributed by atoms with Crippen LogP contribution in [-0.4, -0.2) is 53.7 Å². The number of aromatic nitrogens is 1. The van der Waals surface area contributed by atoms with Gasteiger partial charge in [0.05, 0.1) is 12.2 Å². The van der Waals surface area contributed by atoms with Gasteiger partial charge in [0.15, 0.2) is 12.3 Å². The Bertz CT molecular complexity index is 777. The lowest BCUT2D eigenvalue weighted by atomic mass is 10.2. The summed E-state index contributed by atoms with van der Waals surface area (Å²) in [6, 6.07) is 7.93. The van der Waals surface area contributed by atoms with Crippen LogP contribution in [0, 0.1) is 6.92 Å². The van der Waals surface area contributed by atoms with Gasteiger partial charge >= 0.3 is 5.97 Å². The molecule has 2 aromatic rings. The lowest BCUT2D eigenvalue weighted by molar-refractivity contribution is -0.146. The van der Waals surface area contributed by atoms with Crippen molar-refractivity contribution >= 4 is 23.2 Å². The van der Waals surface area contributed by atoms with E-state index in [4.69, 9.17) is 9.47 Å². The number of nitrogens with zero attached hydrogens (tertiary/aromatic N) is 2. The molecule has 1 fully saturated rings. The fourth-order valence-electron chi connectivity index (χ4n) is 2.87. The molecule has 0 unspecified atom stereocenters. The van der Waals surface area contributed by atoms with E-state index in [0.717, 1.165) is 16.1 Å². The van der Waals surface area contributed by atoms with Gasteiger partial charge in [-0.05, 0) is 20.8 Å². The van der Waals surface area contributed by atoms with Crippen LogP contribution < -0.4 is 0 Å². The summed E-state index contributed by atoms with van der Waals surface area (Å²) >= 11 is 1.38. The Labute approximate surface area is 156 Å². The minimum atomic E-state index is -0.581. The van der Waals surface area contributed by atoms with Gasteiger partial charge in [0.2, 0.25) is 0 Å². The van der Waals surface area contributed by atoms with Crippen LogP contribution in [0.2, 0.25) is 0 Å². The number of esters is 1.